The van der Waals surface area contributed by atoms with Gasteiger partial charge in [-0.2, -0.15) is 0 Å². The molecule has 0 radical (unpaired) electrons. The zero-order valence-corrected chi connectivity index (χ0v) is 15.0. The van der Waals surface area contributed by atoms with Gasteiger partial charge >= 0.3 is 0 Å². The van der Waals surface area contributed by atoms with E-state index in [0.717, 1.165) is 16.7 Å². The van der Waals surface area contributed by atoms with Gasteiger partial charge in [0.25, 0.3) is 5.91 Å². The van der Waals surface area contributed by atoms with Crippen LogP contribution in [0.4, 0.5) is 10.1 Å². The van der Waals surface area contributed by atoms with E-state index >= 15 is 0 Å². The number of halogens is 1. The maximum absolute atomic E-state index is 13.0. The lowest BCUT2D eigenvalue weighted by Crippen LogP contribution is -2.19. The highest BCUT2D eigenvalue weighted by atomic mass is 32.2. The van der Waals surface area contributed by atoms with E-state index in [1.807, 2.05) is 48.5 Å². The predicted octanol–water partition coefficient (Wildman–Crippen LogP) is 5.38. The third-order valence-corrected chi connectivity index (χ3v) is 4.93. The third-order valence-electron chi connectivity index (χ3n) is 4.02. The predicted molar refractivity (Wildman–Crippen MR) is 109 cm³/mol. The largest absolute Gasteiger partial charge is 0.300 e. The molecule has 0 spiro atoms. The monoisotopic (exact) mass is 374 g/mol. The van der Waals surface area contributed by atoms with Crippen LogP contribution < -0.4 is 5.32 Å². The molecule has 1 N–H and O–H groups in total. The number of carbonyl (C=O) groups excluding carboxylic acids is 1. The molecule has 5 heteroatoms. The summed E-state index contributed by atoms with van der Waals surface area (Å²) in [7, 11) is 0. The van der Waals surface area contributed by atoms with Gasteiger partial charge in [0.2, 0.25) is 0 Å². The van der Waals surface area contributed by atoms with Crippen molar-refractivity contribution >= 4 is 34.6 Å². The molecule has 0 atom stereocenters. The first-order valence-corrected chi connectivity index (χ1v) is 9.20. The molecule has 0 saturated carbocycles. The van der Waals surface area contributed by atoms with Crippen molar-refractivity contribution in [2.24, 2.45) is 4.99 Å². The molecule has 4 rings (SSSR count). The van der Waals surface area contributed by atoms with Crippen LogP contribution in [0.2, 0.25) is 0 Å². The molecule has 1 heterocycles. The fraction of sp³-hybridized carbons (Fsp3) is 0. The van der Waals surface area contributed by atoms with Gasteiger partial charge in [0.05, 0.1) is 10.6 Å². The van der Waals surface area contributed by atoms with Crippen molar-refractivity contribution in [2.75, 3.05) is 0 Å². The van der Waals surface area contributed by atoms with Crippen LogP contribution >= 0.6 is 11.8 Å². The number of nitrogens with one attached hydrogen (secondary N) is 1. The lowest BCUT2D eigenvalue weighted by molar-refractivity contribution is -0.115. The molecule has 0 bridgehead atoms. The Morgan fingerprint density at radius 2 is 1.52 bits per heavy atom. The SMILES string of the molecule is O=C1NC(=Nc2ccc(F)cc2)S/C1=C/c1ccc(-c2ccccc2)cc1. The van der Waals surface area contributed by atoms with E-state index in [2.05, 4.69) is 22.4 Å². The summed E-state index contributed by atoms with van der Waals surface area (Å²) >= 11 is 1.27. The number of aliphatic imine (C=N–C) groups is 1. The molecule has 0 aliphatic carbocycles. The lowest BCUT2D eigenvalue weighted by Gasteiger charge is -2.02. The van der Waals surface area contributed by atoms with Gasteiger partial charge in [0, 0.05) is 0 Å². The molecule has 0 unspecified atom stereocenters. The second-order valence-electron chi connectivity index (χ2n) is 5.95. The van der Waals surface area contributed by atoms with Crippen molar-refractivity contribution in [3.05, 3.63) is 95.1 Å². The minimum absolute atomic E-state index is 0.187. The summed E-state index contributed by atoms with van der Waals surface area (Å²) in [6, 6.07) is 24.0. The van der Waals surface area contributed by atoms with Crippen LogP contribution in [0, 0.1) is 5.82 Å². The summed E-state index contributed by atoms with van der Waals surface area (Å²) in [5, 5.41) is 3.22. The zero-order chi connectivity index (χ0) is 18.6. The standard InChI is InChI=1S/C22H15FN2OS/c23-18-10-12-19(13-11-18)24-22-25-21(26)20(27-22)14-15-6-8-17(9-7-15)16-4-2-1-3-5-16/h1-14H,(H,24,25,26)/b20-14+. The molecule has 132 valence electrons. The van der Waals surface area contributed by atoms with Crippen molar-refractivity contribution in [1.82, 2.24) is 5.32 Å². The van der Waals surface area contributed by atoms with Gasteiger partial charge < -0.3 is 5.32 Å². The van der Waals surface area contributed by atoms with Gasteiger partial charge in [0.1, 0.15) is 5.82 Å². The summed E-state index contributed by atoms with van der Waals surface area (Å²) < 4.78 is 13.0. The van der Waals surface area contributed by atoms with E-state index in [9.17, 15) is 9.18 Å². The van der Waals surface area contributed by atoms with Gasteiger partial charge in [-0.25, -0.2) is 9.38 Å². The minimum Gasteiger partial charge on any atom is -0.300 e. The second-order valence-corrected chi connectivity index (χ2v) is 6.98. The maximum Gasteiger partial charge on any atom is 0.264 e. The van der Waals surface area contributed by atoms with Crippen LogP contribution in [-0.4, -0.2) is 11.1 Å². The number of amidine groups is 1. The van der Waals surface area contributed by atoms with Crippen LogP contribution in [0.15, 0.2) is 88.8 Å². The molecular formula is C22H15FN2OS. The van der Waals surface area contributed by atoms with Crippen LogP contribution in [0.5, 0.6) is 0 Å². The lowest BCUT2D eigenvalue weighted by atomic mass is 10.0. The topological polar surface area (TPSA) is 41.5 Å². The minimum atomic E-state index is -0.318. The Kier molecular flexibility index (Phi) is 4.85. The van der Waals surface area contributed by atoms with Gasteiger partial charge in [0.15, 0.2) is 5.17 Å². The third kappa shape index (κ3) is 4.15. The van der Waals surface area contributed by atoms with Gasteiger partial charge in [-0.15, -0.1) is 0 Å². The highest BCUT2D eigenvalue weighted by molar-refractivity contribution is 8.18. The van der Waals surface area contributed by atoms with E-state index in [4.69, 9.17) is 0 Å². The number of hydrogen-bond acceptors (Lipinski definition) is 3. The summed E-state index contributed by atoms with van der Waals surface area (Å²) in [5.41, 5.74) is 3.81. The Labute approximate surface area is 160 Å². The number of rotatable bonds is 3. The molecule has 1 amide bonds. The Balaban J connectivity index is 1.52. The molecule has 3 aromatic rings. The van der Waals surface area contributed by atoms with Crippen molar-refractivity contribution < 1.29 is 9.18 Å². The van der Waals surface area contributed by atoms with Crippen molar-refractivity contribution in [3.63, 3.8) is 0 Å². The van der Waals surface area contributed by atoms with Gasteiger partial charge in [-0.1, -0.05) is 54.6 Å². The number of nitrogens with zero attached hydrogens (tertiary/aromatic N) is 1. The van der Waals surface area contributed by atoms with Crippen molar-refractivity contribution in [3.8, 4) is 11.1 Å². The van der Waals surface area contributed by atoms with E-state index in [0.29, 0.717) is 15.8 Å². The van der Waals surface area contributed by atoms with E-state index in [-0.39, 0.29) is 11.7 Å². The quantitative estimate of drug-likeness (QED) is 0.625. The molecule has 0 aromatic heterocycles. The smallest absolute Gasteiger partial charge is 0.264 e. The van der Waals surface area contributed by atoms with Crippen molar-refractivity contribution in [2.45, 2.75) is 0 Å². The molecule has 1 fully saturated rings. The maximum atomic E-state index is 13.0. The van der Waals surface area contributed by atoms with Crippen LogP contribution in [0.3, 0.4) is 0 Å². The number of thioether (sulfide) groups is 1. The zero-order valence-electron chi connectivity index (χ0n) is 14.2. The van der Waals surface area contributed by atoms with Crippen molar-refractivity contribution in [1.29, 1.82) is 0 Å². The number of hydrogen-bond donors (Lipinski definition) is 1. The normalized spacial score (nSPS) is 16.7. The van der Waals surface area contributed by atoms with E-state index < -0.39 is 0 Å². The summed E-state index contributed by atoms with van der Waals surface area (Å²) in [4.78, 5) is 17.1. The summed E-state index contributed by atoms with van der Waals surface area (Å²) in [6.07, 6.45) is 1.84. The Morgan fingerprint density at radius 1 is 0.852 bits per heavy atom. The van der Waals surface area contributed by atoms with Crippen LogP contribution in [-0.2, 0) is 4.79 Å². The Morgan fingerprint density at radius 3 is 2.22 bits per heavy atom. The number of amides is 1. The van der Waals surface area contributed by atoms with Crippen LogP contribution in [0.25, 0.3) is 17.2 Å². The molecule has 3 nitrogen and oxygen atoms in total. The van der Waals surface area contributed by atoms with E-state index in [1.165, 1.54) is 23.9 Å². The molecule has 1 saturated heterocycles. The Hall–Kier alpha value is -3.18. The molecule has 1 aliphatic heterocycles. The molecular weight excluding hydrogens is 359 g/mol. The molecule has 1 aliphatic rings. The van der Waals surface area contributed by atoms with E-state index in [1.54, 1.807) is 12.1 Å². The summed E-state index contributed by atoms with van der Waals surface area (Å²) in [5.74, 6) is -0.505. The number of carbonyl (C=O) groups is 1. The fourth-order valence-electron chi connectivity index (χ4n) is 2.67. The highest BCUT2D eigenvalue weighted by Crippen LogP contribution is 2.28. The second kappa shape index (κ2) is 7.60. The number of benzene rings is 3. The van der Waals surface area contributed by atoms with Gasteiger partial charge in [-0.05, 0) is 58.8 Å². The highest BCUT2D eigenvalue weighted by Gasteiger charge is 2.23. The molecule has 27 heavy (non-hydrogen) atoms. The summed E-state index contributed by atoms with van der Waals surface area (Å²) in [6.45, 7) is 0. The average Bonchev–Trinajstić information content (AvgIpc) is 3.04. The first kappa shape index (κ1) is 17.2. The first-order valence-electron chi connectivity index (χ1n) is 8.38. The van der Waals surface area contributed by atoms with Gasteiger partial charge in [-0.3, -0.25) is 4.79 Å². The average molecular weight is 374 g/mol. The molecule has 3 aromatic carbocycles. The van der Waals surface area contributed by atoms with Crippen LogP contribution in [0.1, 0.15) is 5.56 Å². The first-order chi connectivity index (χ1) is 13.2. The fourth-order valence-corrected chi connectivity index (χ4v) is 3.51. The Bertz CT molecular complexity index is 1030.